The molecule has 2 amide bonds. The Hall–Kier alpha value is -3.16. The number of aromatic nitrogens is 2. The predicted octanol–water partition coefficient (Wildman–Crippen LogP) is 2.45. The number of carbonyl (C=O) groups excluding carboxylic acids is 2. The lowest BCUT2D eigenvalue weighted by molar-refractivity contribution is -0.129. The van der Waals surface area contributed by atoms with Crippen molar-refractivity contribution in [3.05, 3.63) is 46.9 Å². The van der Waals surface area contributed by atoms with E-state index in [1.807, 2.05) is 35.0 Å². The van der Waals surface area contributed by atoms with Gasteiger partial charge < -0.3 is 19.9 Å². The third-order valence-electron chi connectivity index (χ3n) is 6.23. The molecule has 8 nitrogen and oxygen atoms in total. The lowest BCUT2D eigenvalue weighted by Crippen LogP contribution is -2.38. The topological polar surface area (TPSA) is 87.7 Å². The molecule has 1 aromatic heterocycles. The first-order valence-electron chi connectivity index (χ1n) is 10.8. The number of benzene rings is 1. The Labute approximate surface area is 182 Å². The van der Waals surface area contributed by atoms with Gasteiger partial charge in [0.2, 0.25) is 5.91 Å². The van der Waals surface area contributed by atoms with E-state index in [1.165, 1.54) is 0 Å². The molecule has 0 unspecified atom stereocenters. The fourth-order valence-electron chi connectivity index (χ4n) is 4.40. The normalized spacial score (nSPS) is 16.6. The van der Waals surface area contributed by atoms with Crippen LogP contribution in [0.2, 0.25) is 0 Å². The molecule has 2 aliphatic heterocycles. The van der Waals surface area contributed by atoms with Gasteiger partial charge in [0.05, 0.1) is 19.3 Å². The van der Waals surface area contributed by atoms with Crippen LogP contribution in [0.5, 0.6) is 5.75 Å². The summed E-state index contributed by atoms with van der Waals surface area (Å²) in [5.74, 6) is 2.64. The molecule has 1 aromatic carbocycles. The van der Waals surface area contributed by atoms with Crippen molar-refractivity contribution in [1.82, 2.24) is 19.8 Å². The summed E-state index contributed by atoms with van der Waals surface area (Å²) in [5, 5.41) is 3.22. The fraction of sp³-hybridized carbons (Fsp3) is 0.478. The number of hydrogen-bond donors (Lipinski definition) is 1. The van der Waals surface area contributed by atoms with Gasteiger partial charge in [0.1, 0.15) is 17.4 Å². The number of likely N-dealkylation sites (tertiary alicyclic amines) is 1. The maximum absolute atomic E-state index is 13.1. The number of hydrogen-bond acceptors (Lipinski definition) is 6. The first-order chi connectivity index (χ1) is 15.0. The van der Waals surface area contributed by atoms with Gasteiger partial charge in [-0.05, 0) is 37.5 Å². The molecular weight excluding hydrogens is 394 g/mol. The molecule has 1 N–H and O–H groups in total. The molecule has 0 saturated carbocycles. The van der Waals surface area contributed by atoms with E-state index in [2.05, 4.69) is 5.32 Å². The van der Waals surface area contributed by atoms with Crippen molar-refractivity contribution in [2.24, 2.45) is 0 Å². The lowest BCUT2D eigenvalue weighted by Gasteiger charge is -2.32. The summed E-state index contributed by atoms with van der Waals surface area (Å²) in [6.45, 7) is 4.16. The minimum atomic E-state index is -0.0227. The van der Waals surface area contributed by atoms with Gasteiger partial charge in [0.15, 0.2) is 0 Å². The standard InChI is InChI=1S/C23H29N5O3/c1-15(29)27-10-7-16(8-11-27)21-25-20-14-28(12-9-19(20)22(24-2)26-21)23(30)17-5-4-6-18(13-17)31-3/h4-6,13,16H,7-12,14H2,1-3H3,(H,24,25,26). The number of rotatable bonds is 4. The third kappa shape index (κ3) is 4.33. The highest BCUT2D eigenvalue weighted by Gasteiger charge is 2.29. The van der Waals surface area contributed by atoms with Gasteiger partial charge >= 0.3 is 0 Å². The molecular formula is C23H29N5O3. The maximum Gasteiger partial charge on any atom is 0.254 e. The van der Waals surface area contributed by atoms with E-state index in [4.69, 9.17) is 14.7 Å². The second-order valence-electron chi connectivity index (χ2n) is 8.09. The van der Waals surface area contributed by atoms with Crippen LogP contribution in [-0.2, 0) is 17.8 Å². The first kappa shape index (κ1) is 21.1. The Kier molecular flexibility index (Phi) is 6.06. The zero-order chi connectivity index (χ0) is 22.0. The molecule has 0 bridgehead atoms. The van der Waals surface area contributed by atoms with Gasteiger partial charge in [-0.1, -0.05) is 6.07 Å². The number of ether oxygens (including phenoxy) is 1. The van der Waals surface area contributed by atoms with Gasteiger partial charge in [0, 0.05) is 50.7 Å². The van der Waals surface area contributed by atoms with Crippen molar-refractivity contribution >= 4 is 17.6 Å². The van der Waals surface area contributed by atoms with E-state index in [-0.39, 0.29) is 17.7 Å². The largest absolute Gasteiger partial charge is 0.497 e. The Bertz CT molecular complexity index is 985. The summed E-state index contributed by atoms with van der Waals surface area (Å²) in [7, 11) is 3.47. The van der Waals surface area contributed by atoms with Crippen molar-refractivity contribution in [3.63, 3.8) is 0 Å². The SMILES string of the molecule is CNc1nc(C2CCN(C(C)=O)CC2)nc2c1CCN(C(=O)c1cccc(OC)c1)C2. The van der Waals surface area contributed by atoms with Crippen molar-refractivity contribution in [2.45, 2.75) is 38.6 Å². The quantitative estimate of drug-likeness (QED) is 0.813. The van der Waals surface area contributed by atoms with E-state index in [0.717, 1.165) is 48.8 Å². The third-order valence-corrected chi connectivity index (χ3v) is 6.23. The maximum atomic E-state index is 13.1. The molecule has 1 saturated heterocycles. The van der Waals surface area contributed by atoms with Crippen LogP contribution in [-0.4, -0.2) is 65.4 Å². The minimum absolute atomic E-state index is 0.0227. The molecule has 4 rings (SSSR count). The minimum Gasteiger partial charge on any atom is -0.497 e. The summed E-state index contributed by atoms with van der Waals surface area (Å²) >= 11 is 0. The average Bonchev–Trinajstić information content (AvgIpc) is 2.82. The second-order valence-corrected chi connectivity index (χ2v) is 8.09. The molecule has 3 heterocycles. The molecule has 0 aliphatic carbocycles. The van der Waals surface area contributed by atoms with Crippen LogP contribution < -0.4 is 10.1 Å². The smallest absolute Gasteiger partial charge is 0.254 e. The van der Waals surface area contributed by atoms with Gasteiger partial charge in [-0.3, -0.25) is 9.59 Å². The zero-order valence-corrected chi connectivity index (χ0v) is 18.4. The summed E-state index contributed by atoms with van der Waals surface area (Å²) in [5.41, 5.74) is 2.61. The Morgan fingerprint density at radius 2 is 1.90 bits per heavy atom. The van der Waals surface area contributed by atoms with Gasteiger partial charge in [-0.2, -0.15) is 0 Å². The highest BCUT2D eigenvalue weighted by molar-refractivity contribution is 5.94. The van der Waals surface area contributed by atoms with Crippen LogP contribution in [0.1, 0.15) is 53.1 Å². The Morgan fingerprint density at radius 1 is 1.13 bits per heavy atom. The van der Waals surface area contributed by atoms with E-state index >= 15 is 0 Å². The van der Waals surface area contributed by atoms with Crippen molar-refractivity contribution in [3.8, 4) is 5.75 Å². The lowest BCUT2D eigenvalue weighted by atomic mass is 9.95. The molecule has 2 aromatic rings. The Balaban J connectivity index is 1.56. The molecule has 1 fully saturated rings. The van der Waals surface area contributed by atoms with Crippen LogP contribution in [0.15, 0.2) is 24.3 Å². The fourth-order valence-corrected chi connectivity index (χ4v) is 4.40. The molecule has 31 heavy (non-hydrogen) atoms. The van der Waals surface area contributed by atoms with Gasteiger partial charge in [-0.15, -0.1) is 0 Å². The van der Waals surface area contributed by atoms with Crippen LogP contribution in [0, 0.1) is 0 Å². The number of carbonyl (C=O) groups is 2. The number of nitrogens with one attached hydrogen (secondary N) is 1. The second kappa shape index (κ2) is 8.91. The molecule has 164 valence electrons. The monoisotopic (exact) mass is 423 g/mol. The molecule has 0 radical (unpaired) electrons. The van der Waals surface area contributed by atoms with Crippen LogP contribution in [0.4, 0.5) is 5.82 Å². The van der Waals surface area contributed by atoms with E-state index < -0.39 is 0 Å². The van der Waals surface area contributed by atoms with E-state index in [1.54, 1.807) is 20.1 Å². The summed E-state index contributed by atoms with van der Waals surface area (Å²) < 4.78 is 5.26. The number of piperidine rings is 1. The van der Waals surface area contributed by atoms with Crippen molar-refractivity contribution < 1.29 is 14.3 Å². The number of fused-ring (bicyclic) bond motifs is 1. The molecule has 8 heteroatoms. The van der Waals surface area contributed by atoms with Crippen molar-refractivity contribution in [1.29, 1.82) is 0 Å². The highest BCUT2D eigenvalue weighted by Crippen LogP contribution is 2.31. The van der Waals surface area contributed by atoms with E-state index in [0.29, 0.717) is 30.8 Å². The number of nitrogens with zero attached hydrogens (tertiary/aromatic N) is 4. The average molecular weight is 424 g/mol. The first-order valence-corrected chi connectivity index (χ1v) is 10.8. The van der Waals surface area contributed by atoms with Crippen LogP contribution in [0.25, 0.3) is 0 Å². The summed E-state index contributed by atoms with van der Waals surface area (Å²) in [6, 6.07) is 7.24. The van der Waals surface area contributed by atoms with Crippen LogP contribution in [0.3, 0.4) is 0 Å². The molecule has 0 spiro atoms. The van der Waals surface area contributed by atoms with Gasteiger partial charge in [-0.25, -0.2) is 9.97 Å². The van der Waals surface area contributed by atoms with E-state index in [9.17, 15) is 9.59 Å². The van der Waals surface area contributed by atoms with Crippen LogP contribution >= 0.6 is 0 Å². The number of anilines is 1. The van der Waals surface area contributed by atoms with Crippen molar-refractivity contribution in [2.75, 3.05) is 39.1 Å². The number of methoxy groups -OCH3 is 1. The highest BCUT2D eigenvalue weighted by atomic mass is 16.5. The zero-order valence-electron chi connectivity index (χ0n) is 18.4. The molecule has 2 aliphatic rings. The number of amides is 2. The van der Waals surface area contributed by atoms with Gasteiger partial charge in [0.25, 0.3) is 5.91 Å². The predicted molar refractivity (Wildman–Crippen MR) is 117 cm³/mol. The molecule has 0 atom stereocenters. The Morgan fingerprint density at radius 3 is 2.58 bits per heavy atom. The summed E-state index contributed by atoms with van der Waals surface area (Å²) in [6.07, 6.45) is 2.42. The summed E-state index contributed by atoms with van der Waals surface area (Å²) in [4.78, 5) is 38.1.